The number of aryl methyl sites for hydroxylation is 2. The van der Waals surface area contributed by atoms with E-state index < -0.39 is 0 Å². The molecule has 3 aromatic heterocycles. The van der Waals surface area contributed by atoms with E-state index in [1.165, 1.54) is 0 Å². The van der Waals surface area contributed by atoms with E-state index in [0.29, 0.717) is 36.9 Å². The minimum atomic E-state index is 0.0572. The first-order valence-electron chi connectivity index (χ1n) is 9.56. The minimum absolute atomic E-state index is 0.0572. The monoisotopic (exact) mass is 381 g/mol. The minimum Gasteiger partial charge on any atom is -0.419 e. The summed E-state index contributed by atoms with van der Waals surface area (Å²) in [6.07, 6.45) is 4.63. The van der Waals surface area contributed by atoms with Crippen LogP contribution in [-0.4, -0.2) is 44.2 Å². The van der Waals surface area contributed by atoms with Gasteiger partial charge in [-0.15, -0.1) is 10.2 Å². The van der Waals surface area contributed by atoms with Gasteiger partial charge in [0.1, 0.15) is 11.5 Å². The number of piperidine rings is 1. The highest BCUT2D eigenvalue weighted by Crippen LogP contribution is 2.28. The summed E-state index contributed by atoms with van der Waals surface area (Å²) in [6, 6.07) is 5.56. The number of likely N-dealkylation sites (tertiary alicyclic amines) is 1. The number of hydrogen-bond donors (Lipinski definition) is 0. The molecule has 0 unspecified atom stereocenters. The van der Waals surface area contributed by atoms with Crippen LogP contribution in [0.4, 0.5) is 0 Å². The van der Waals surface area contributed by atoms with Gasteiger partial charge in [0.15, 0.2) is 0 Å². The molecule has 0 radical (unpaired) electrons. The lowest BCUT2D eigenvalue weighted by Gasteiger charge is -2.31. The molecule has 4 heterocycles. The quantitative estimate of drug-likeness (QED) is 0.670. The molecule has 4 rings (SSSR count). The molecule has 3 aromatic rings. The van der Waals surface area contributed by atoms with Gasteiger partial charge in [0.25, 0.3) is 5.89 Å². The zero-order chi connectivity index (χ0) is 19.5. The van der Waals surface area contributed by atoms with Crippen molar-refractivity contribution in [2.75, 3.05) is 13.1 Å². The van der Waals surface area contributed by atoms with Crippen LogP contribution in [0.5, 0.6) is 0 Å². The molecule has 1 aliphatic rings. The summed E-state index contributed by atoms with van der Waals surface area (Å²) in [5.74, 6) is 1.96. The second-order valence-corrected chi connectivity index (χ2v) is 7.14. The summed E-state index contributed by atoms with van der Waals surface area (Å²) in [7, 11) is 0. The van der Waals surface area contributed by atoms with Crippen molar-refractivity contribution in [2.24, 2.45) is 0 Å². The predicted molar refractivity (Wildman–Crippen MR) is 100 cm³/mol. The Balaban J connectivity index is 1.39. The predicted octanol–water partition coefficient (Wildman–Crippen LogP) is 3.08. The van der Waals surface area contributed by atoms with Crippen molar-refractivity contribution >= 4 is 5.91 Å². The molecule has 28 heavy (non-hydrogen) atoms. The number of aromatic nitrogens is 4. The lowest BCUT2D eigenvalue weighted by Crippen LogP contribution is -2.39. The highest BCUT2D eigenvalue weighted by atomic mass is 16.5. The van der Waals surface area contributed by atoms with Crippen LogP contribution in [0.2, 0.25) is 0 Å². The van der Waals surface area contributed by atoms with Gasteiger partial charge in [0, 0.05) is 31.3 Å². The van der Waals surface area contributed by atoms with Crippen molar-refractivity contribution in [3.63, 3.8) is 0 Å². The maximum absolute atomic E-state index is 12.7. The Morgan fingerprint density at radius 3 is 2.93 bits per heavy atom. The first-order chi connectivity index (χ1) is 13.6. The highest BCUT2D eigenvalue weighted by molar-refractivity contribution is 5.76. The standard InChI is InChI=1S/C20H23N5O3/c1-13-16(14(2)28-24-13)8-9-18(26)25-11-5-6-15(12-25)19-22-23-20(27-19)17-7-3-4-10-21-17/h3-4,7,10,15H,5-6,8-9,11-12H2,1-2H3/t15-/m0/s1. The van der Waals surface area contributed by atoms with Crippen LogP contribution in [0, 0.1) is 13.8 Å². The summed E-state index contributed by atoms with van der Waals surface area (Å²) in [6.45, 7) is 5.15. The average Bonchev–Trinajstić information content (AvgIpc) is 3.34. The van der Waals surface area contributed by atoms with Crippen LogP contribution in [-0.2, 0) is 11.2 Å². The van der Waals surface area contributed by atoms with Crippen LogP contribution in [0.15, 0.2) is 33.3 Å². The van der Waals surface area contributed by atoms with Crippen molar-refractivity contribution in [3.05, 3.63) is 47.3 Å². The molecule has 1 amide bonds. The number of nitrogens with zero attached hydrogens (tertiary/aromatic N) is 5. The van der Waals surface area contributed by atoms with Crippen LogP contribution in [0.25, 0.3) is 11.6 Å². The molecule has 1 atom stereocenters. The SMILES string of the molecule is Cc1noc(C)c1CCC(=O)N1CCC[C@H](c2nnc(-c3ccccn3)o2)C1. The van der Waals surface area contributed by atoms with Crippen molar-refractivity contribution < 1.29 is 13.7 Å². The van der Waals surface area contributed by atoms with E-state index in [2.05, 4.69) is 20.3 Å². The fourth-order valence-electron chi connectivity index (χ4n) is 3.65. The Labute approximate surface area is 162 Å². The summed E-state index contributed by atoms with van der Waals surface area (Å²) >= 11 is 0. The van der Waals surface area contributed by atoms with Gasteiger partial charge in [-0.3, -0.25) is 9.78 Å². The van der Waals surface area contributed by atoms with Crippen molar-refractivity contribution in [3.8, 4) is 11.6 Å². The molecule has 1 saturated heterocycles. The van der Waals surface area contributed by atoms with Crippen LogP contribution >= 0.6 is 0 Å². The molecule has 0 spiro atoms. The topological polar surface area (TPSA) is 98.2 Å². The lowest BCUT2D eigenvalue weighted by molar-refractivity contribution is -0.132. The average molecular weight is 381 g/mol. The van der Waals surface area contributed by atoms with E-state index in [4.69, 9.17) is 8.94 Å². The maximum Gasteiger partial charge on any atom is 0.266 e. The second kappa shape index (κ2) is 7.92. The molecule has 0 aromatic carbocycles. The first-order valence-corrected chi connectivity index (χ1v) is 9.56. The second-order valence-electron chi connectivity index (χ2n) is 7.14. The highest BCUT2D eigenvalue weighted by Gasteiger charge is 2.28. The summed E-state index contributed by atoms with van der Waals surface area (Å²) < 4.78 is 11.0. The maximum atomic E-state index is 12.7. The van der Waals surface area contributed by atoms with Crippen molar-refractivity contribution in [2.45, 2.75) is 45.4 Å². The number of carbonyl (C=O) groups excluding carboxylic acids is 1. The fourth-order valence-corrected chi connectivity index (χ4v) is 3.65. The summed E-state index contributed by atoms with van der Waals surface area (Å²) in [4.78, 5) is 18.9. The number of rotatable bonds is 5. The molecular weight excluding hydrogens is 358 g/mol. The third-order valence-electron chi connectivity index (χ3n) is 5.22. The molecule has 0 aliphatic carbocycles. The van der Waals surface area contributed by atoms with Gasteiger partial charge >= 0.3 is 0 Å². The Morgan fingerprint density at radius 1 is 1.29 bits per heavy atom. The molecule has 1 aliphatic heterocycles. The molecule has 1 fully saturated rings. The molecule has 8 heteroatoms. The van der Waals surface area contributed by atoms with Gasteiger partial charge < -0.3 is 13.8 Å². The zero-order valence-electron chi connectivity index (χ0n) is 16.1. The number of pyridine rings is 1. The van der Waals surface area contributed by atoms with Crippen LogP contribution < -0.4 is 0 Å². The smallest absolute Gasteiger partial charge is 0.266 e. The summed E-state index contributed by atoms with van der Waals surface area (Å²) in [5.41, 5.74) is 2.54. The Hall–Kier alpha value is -3.03. The normalized spacial score (nSPS) is 17.1. The number of carbonyl (C=O) groups is 1. The Morgan fingerprint density at radius 2 is 2.18 bits per heavy atom. The number of hydrogen-bond acceptors (Lipinski definition) is 7. The lowest BCUT2D eigenvalue weighted by atomic mass is 9.97. The van der Waals surface area contributed by atoms with Gasteiger partial charge in [-0.2, -0.15) is 0 Å². The fraction of sp³-hybridized carbons (Fsp3) is 0.450. The third-order valence-corrected chi connectivity index (χ3v) is 5.22. The van der Waals surface area contributed by atoms with Crippen molar-refractivity contribution in [1.82, 2.24) is 25.2 Å². The van der Waals surface area contributed by atoms with Gasteiger partial charge in [-0.25, -0.2) is 0 Å². The van der Waals surface area contributed by atoms with E-state index in [-0.39, 0.29) is 11.8 Å². The Kier molecular flexibility index (Phi) is 5.18. The van der Waals surface area contributed by atoms with Crippen LogP contribution in [0.3, 0.4) is 0 Å². The largest absolute Gasteiger partial charge is 0.419 e. The van der Waals surface area contributed by atoms with Gasteiger partial charge in [-0.05, 0) is 45.2 Å². The van der Waals surface area contributed by atoms with Gasteiger partial charge in [-0.1, -0.05) is 11.2 Å². The molecule has 146 valence electrons. The molecule has 8 nitrogen and oxygen atoms in total. The van der Waals surface area contributed by atoms with Gasteiger partial charge in [0.2, 0.25) is 11.8 Å². The van der Waals surface area contributed by atoms with E-state index in [1.54, 1.807) is 6.20 Å². The van der Waals surface area contributed by atoms with Gasteiger partial charge in [0.05, 0.1) is 11.6 Å². The third kappa shape index (κ3) is 3.81. The molecule has 0 saturated carbocycles. The first kappa shape index (κ1) is 18.3. The Bertz CT molecular complexity index is 930. The van der Waals surface area contributed by atoms with E-state index >= 15 is 0 Å². The molecular formula is C20H23N5O3. The molecule has 0 bridgehead atoms. The number of amides is 1. The van der Waals surface area contributed by atoms with E-state index in [9.17, 15) is 4.79 Å². The zero-order valence-corrected chi connectivity index (χ0v) is 16.1. The molecule has 0 N–H and O–H groups in total. The van der Waals surface area contributed by atoms with E-state index in [0.717, 1.165) is 36.4 Å². The van der Waals surface area contributed by atoms with Crippen molar-refractivity contribution in [1.29, 1.82) is 0 Å². The summed E-state index contributed by atoms with van der Waals surface area (Å²) in [5, 5.41) is 12.3. The van der Waals surface area contributed by atoms with E-state index in [1.807, 2.05) is 36.9 Å². The van der Waals surface area contributed by atoms with Crippen LogP contribution in [0.1, 0.15) is 48.1 Å².